The first kappa shape index (κ1) is 19.8. The first-order chi connectivity index (χ1) is 14.6. The van der Waals surface area contributed by atoms with Gasteiger partial charge in [-0.25, -0.2) is 0 Å². The van der Waals surface area contributed by atoms with Gasteiger partial charge >= 0.3 is 0 Å². The van der Waals surface area contributed by atoms with Gasteiger partial charge in [0.05, 0.1) is 29.6 Å². The number of halogens is 1. The van der Waals surface area contributed by atoms with Crippen LogP contribution in [-0.2, 0) is 19.7 Å². The van der Waals surface area contributed by atoms with Crippen molar-refractivity contribution in [2.24, 2.45) is 0 Å². The van der Waals surface area contributed by atoms with Crippen LogP contribution in [0.3, 0.4) is 0 Å². The molecule has 0 saturated heterocycles. The van der Waals surface area contributed by atoms with Crippen LogP contribution in [0.2, 0.25) is 5.02 Å². The SMILES string of the molecule is CCn1cc(Cn2cc(NC(=O)c3ccc(COc4ccccc4Cl)o3)cn2)cn1. The lowest BCUT2D eigenvalue weighted by atomic mass is 10.3. The largest absolute Gasteiger partial charge is 0.484 e. The number of aryl methyl sites for hydroxylation is 1. The summed E-state index contributed by atoms with van der Waals surface area (Å²) in [6.07, 6.45) is 7.12. The highest BCUT2D eigenvalue weighted by Gasteiger charge is 2.13. The first-order valence-corrected chi connectivity index (χ1v) is 9.79. The second-order valence-corrected chi connectivity index (χ2v) is 6.98. The molecule has 0 aliphatic heterocycles. The first-order valence-electron chi connectivity index (χ1n) is 9.42. The molecule has 154 valence electrons. The molecule has 4 aromatic rings. The number of carbonyl (C=O) groups excluding carboxylic acids is 1. The molecule has 4 rings (SSSR count). The summed E-state index contributed by atoms with van der Waals surface area (Å²) in [6, 6.07) is 10.5. The van der Waals surface area contributed by atoms with E-state index in [1.54, 1.807) is 47.5 Å². The van der Waals surface area contributed by atoms with Crippen molar-refractivity contribution in [1.82, 2.24) is 19.6 Å². The van der Waals surface area contributed by atoms with Gasteiger partial charge in [-0.05, 0) is 31.2 Å². The van der Waals surface area contributed by atoms with Crippen molar-refractivity contribution in [2.75, 3.05) is 5.32 Å². The van der Waals surface area contributed by atoms with Crippen LogP contribution in [-0.4, -0.2) is 25.5 Å². The van der Waals surface area contributed by atoms with E-state index in [-0.39, 0.29) is 18.3 Å². The van der Waals surface area contributed by atoms with Gasteiger partial charge in [-0.3, -0.25) is 14.2 Å². The zero-order valence-corrected chi connectivity index (χ0v) is 17.0. The number of benzene rings is 1. The Hall–Kier alpha value is -3.52. The molecule has 0 bridgehead atoms. The summed E-state index contributed by atoms with van der Waals surface area (Å²) < 4.78 is 14.8. The second-order valence-electron chi connectivity index (χ2n) is 6.57. The number of aromatic nitrogens is 4. The third-order valence-corrected chi connectivity index (χ3v) is 4.65. The third-order valence-electron chi connectivity index (χ3n) is 4.34. The zero-order chi connectivity index (χ0) is 20.9. The van der Waals surface area contributed by atoms with Gasteiger partial charge in [0.2, 0.25) is 0 Å². The Morgan fingerprint density at radius 3 is 2.77 bits per heavy atom. The summed E-state index contributed by atoms with van der Waals surface area (Å²) in [4.78, 5) is 12.4. The molecule has 0 spiro atoms. The van der Waals surface area contributed by atoms with Crippen molar-refractivity contribution in [3.8, 4) is 5.75 Å². The van der Waals surface area contributed by atoms with E-state index < -0.39 is 0 Å². The highest BCUT2D eigenvalue weighted by Crippen LogP contribution is 2.24. The van der Waals surface area contributed by atoms with Crippen LogP contribution in [0.15, 0.2) is 65.6 Å². The number of rotatable bonds is 8. The van der Waals surface area contributed by atoms with Crippen LogP contribution in [0, 0.1) is 0 Å². The molecule has 0 fully saturated rings. The van der Waals surface area contributed by atoms with Crippen molar-refractivity contribution < 1.29 is 13.9 Å². The van der Waals surface area contributed by atoms with Crippen LogP contribution in [0.25, 0.3) is 0 Å². The molecule has 1 amide bonds. The topological polar surface area (TPSA) is 87.1 Å². The molecule has 8 nitrogen and oxygen atoms in total. The lowest BCUT2D eigenvalue weighted by Crippen LogP contribution is -2.10. The van der Waals surface area contributed by atoms with Gasteiger partial charge in [0, 0.05) is 24.5 Å². The molecular formula is C21H20ClN5O3. The van der Waals surface area contributed by atoms with Crippen molar-refractivity contribution in [3.63, 3.8) is 0 Å². The number of para-hydroxylation sites is 1. The maximum atomic E-state index is 12.4. The zero-order valence-electron chi connectivity index (χ0n) is 16.3. The van der Waals surface area contributed by atoms with Crippen molar-refractivity contribution in [1.29, 1.82) is 0 Å². The Labute approximate surface area is 178 Å². The number of furan rings is 1. The molecule has 0 atom stereocenters. The van der Waals surface area contributed by atoms with Crippen LogP contribution in [0.4, 0.5) is 5.69 Å². The van der Waals surface area contributed by atoms with Crippen LogP contribution < -0.4 is 10.1 Å². The summed E-state index contributed by atoms with van der Waals surface area (Å²) in [6.45, 7) is 3.58. The minimum Gasteiger partial charge on any atom is -0.484 e. The molecule has 1 aromatic carbocycles. The average molecular weight is 426 g/mol. The highest BCUT2D eigenvalue weighted by molar-refractivity contribution is 6.32. The molecule has 3 aromatic heterocycles. The number of nitrogens with one attached hydrogen (secondary N) is 1. The van der Waals surface area contributed by atoms with Gasteiger partial charge in [-0.1, -0.05) is 23.7 Å². The van der Waals surface area contributed by atoms with E-state index in [0.717, 1.165) is 12.1 Å². The molecule has 30 heavy (non-hydrogen) atoms. The van der Waals surface area contributed by atoms with Crippen LogP contribution in [0.1, 0.15) is 28.8 Å². The number of nitrogens with zero attached hydrogens (tertiary/aromatic N) is 4. The number of amides is 1. The maximum Gasteiger partial charge on any atom is 0.291 e. The third kappa shape index (κ3) is 4.72. The average Bonchev–Trinajstić information content (AvgIpc) is 3.49. The van der Waals surface area contributed by atoms with E-state index in [2.05, 4.69) is 15.5 Å². The molecule has 9 heteroatoms. The van der Waals surface area contributed by atoms with Gasteiger partial charge < -0.3 is 14.5 Å². The highest BCUT2D eigenvalue weighted by atomic mass is 35.5. The smallest absolute Gasteiger partial charge is 0.291 e. The van der Waals surface area contributed by atoms with Gasteiger partial charge in [-0.2, -0.15) is 10.2 Å². The van der Waals surface area contributed by atoms with E-state index in [4.69, 9.17) is 20.8 Å². The van der Waals surface area contributed by atoms with Crippen molar-refractivity contribution >= 4 is 23.2 Å². The Bertz CT molecular complexity index is 1150. The molecule has 1 N–H and O–H groups in total. The molecule has 0 radical (unpaired) electrons. The summed E-state index contributed by atoms with van der Waals surface area (Å²) in [7, 11) is 0. The summed E-state index contributed by atoms with van der Waals surface area (Å²) in [5.74, 6) is 0.893. The minimum atomic E-state index is -0.364. The molecule has 0 saturated carbocycles. The van der Waals surface area contributed by atoms with E-state index in [9.17, 15) is 4.79 Å². The monoisotopic (exact) mass is 425 g/mol. The number of anilines is 1. The number of hydrogen-bond donors (Lipinski definition) is 1. The van der Waals surface area contributed by atoms with Gasteiger partial charge in [0.1, 0.15) is 18.1 Å². The maximum absolute atomic E-state index is 12.4. The number of carbonyl (C=O) groups is 1. The van der Waals surface area contributed by atoms with Crippen LogP contribution >= 0.6 is 11.6 Å². The second kappa shape index (κ2) is 8.87. The predicted molar refractivity (Wildman–Crippen MR) is 112 cm³/mol. The number of hydrogen-bond acceptors (Lipinski definition) is 5. The molecule has 0 aliphatic rings. The Balaban J connectivity index is 1.33. The molecule has 0 aliphatic carbocycles. The Morgan fingerprint density at radius 2 is 1.97 bits per heavy atom. The lowest BCUT2D eigenvalue weighted by Gasteiger charge is -2.05. The van der Waals surface area contributed by atoms with Crippen molar-refractivity contribution in [2.45, 2.75) is 26.6 Å². The molecule has 0 unspecified atom stereocenters. The lowest BCUT2D eigenvalue weighted by molar-refractivity contribution is 0.0992. The summed E-state index contributed by atoms with van der Waals surface area (Å²) in [5, 5.41) is 11.8. The van der Waals surface area contributed by atoms with Gasteiger partial charge in [0.25, 0.3) is 5.91 Å². The summed E-state index contributed by atoms with van der Waals surface area (Å²) >= 11 is 6.07. The van der Waals surface area contributed by atoms with E-state index in [1.165, 1.54) is 0 Å². The van der Waals surface area contributed by atoms with Crippen molar-refractivity contribution in [3.05, 3.63) is 83.3 Å². The number of ether oxygens (including phenoxy) is 1. The fraction of sp³-hybridized carbons (Fsp3) is 0.190. The quantitative estimate of drug-likeness (QED) is 0.456. The Morgan fingerprint density at radius 1 is 1.13 bits per heavy atom. The summed E-state index contributed by atoms with van der Waals surface area (Å²) in [5.41, 5.74) is 1.61. The Kier molecular flexibility index (Phi) is 5.85. The normalized spacial score (nSPS) is 10.9. The van der Waals surface area contributed by atoms with E-state index in [0.29, 0.717) is 28.8 Å². The van der Waals surface area contributed by atoms with Crippen LogP contribution in [0.5, 0.6) is 5.75 Å². The van der Waals surface area contributed by atoms with Gasteiger partial charge in [-0.15, -0.1) is 0 Å². The fourth-order valence-corrected chi connectivity index (χ4v) is 3.03. The standard InChI is InChI=1S/C21H20ClN5O3/c1-2-26-11-15(9-23-26)12-27-13-16(10-24-27)25-21(28)20-8-7-17(30-20)14-29-19-6-4-3-5-18(19)22/h3-11,13H,2,12,14H2,1H3,(H,25,28). The minimum absolute atomic E-state index is 0.167. The van der Waals surface area contributed by atoms with E-state index in [1.807, 2.05) is 29.9 Å². The predicted octanol–water partition coefficient (Wildman–Crippen LogP) is 4.23. The molecular weight excluding hydrogens is 406 g/mol. The van der Waals surface area contributed by atoms with Gasteiger partial charge in [0.15, 0.2) is 5.76 Å². The fourth-order valence-electron chi connectivity index (χ4n) is 2.84. The molecule has 3 heterocycles. The van der Waals surface area contributed by atoms with E-state index >= 15 is 0 Å².